The van der Waals surface area contributed by atoms with Crippen molar-refractivity contribution >= 4 is 33.2 Å². The molecule has 3 rings (SSSR count). The first-order valence-corrected chi connectivity index (χ1v) is 6.09. The fourth-order valence-corrected chi connectivity index (χ4v) is 2.49. The number of nitrogens with zero attached hydrogens (tertiary/aromatic N) is 2. The molecule has 0 saturated carbocycles. The van der Waals surface area contributed by atoms with Crippen LogP contribution in [0.2, 0.25) is 0 Å². The number of rotatable bonds is 2. The number of alkyl halides is 1. The van der Waals surface area contributed by atoms with E-state index in [1.165, 1.54) is 0 Å². The van der Waals surface area contributed by atoms with Crippen LogP contribution in [0.4, 0.5) is 0 Å². The summed E-state index contributed by atoms with van der Waals surface area (Å²) in [7, 11) is 0. The van der Waals surface area contributed by atoms with Gasteiger partial charge in [-0.25, -0.2) is 4.98 Å². The van der Waals surface area contributed by atoms with Gasteiger partial charge < -0.3 is 4.52 Å². The van der Waals surface area contributed by atoms with Gasteiger partial charge in [0.1, 0.15) is 0 Å². The molecule has 16 heavy (non-hydrogen) atoms. The number of para-hydroxylation sites is 1. The smallest absolute Gasteiger partial charge is 0.195 e. The third-order valence-electron chi connectivity index (χ3n) is 2.20. The van der Waals surface area contributed by atoms with Crippen molar-refractivity contribution in [2.45, 2.75) is 5.88 Å². The molecule has 2 heterocycles. The van der Waals surface area contributed by atoms with Gasteiger partial charge in [0, 0.05) is 6.07 Å². The lowest BCUT2D eigenvalue weighted by molar-refractivity contribution is 0.426. The number of hydrogen-bond donors (Lipinski definition) is 0. The van der Waals surface area contributed by atoms with E-state index in [2.05, 4.69) is 10.1 Å². The molecule has 3 nitrogen and oxygen atoms in total. The third kappa shape index (κ3) is 1.60. The monoisotopic (exact) mass is 250 g/mol. The highest BCUT2D eigenvalue weighted by Crippen LogP contribution is 2.30. The Hall–Kier alpha value is -1.39. The first-order valence-electron chi connectivity index (χ1n) is 4.74. The molecular weight excluding hydrogens is 244 g/mol. The van der Waals surface area contributed by atoms with Crippen LogP contribution in [-0.4, -0.2) is 10.1 Å². The highest BCUT2D eigenvalue weighted by molar-refractivity contribution is 7.21. The third-order valence-corrected chi connectivity index (χ3v) is 3.53. The fraction of sp³-hybridized carbons (Fsp3) is 0.0909. The van der Waals surface area contributed by atoms with Crippen LogP contribution in [0, 0.1) is 0 Å². The van der Waals surface area contributed by atoms with E-state index >= 15 is 0 Å². The van der Waals surface area contributed by atoms with Gasteiger partial charge in [-0.05, 0) is 12.1 Å². The molecule has 5 heteroatoms. The van der Waals surface area contributed by atoms with E-state index in [0.717, 1.165) is 20.9 Å². The Labute approximate surface area is 101 Å². The van der Waals surface area contributed by atoms with E-state index in [1.807, 2.05) is 30.3 Å². The van der Waals surface area contributed by atoms with E-state index in [1.54, 1.807) is 11.3 Å². The molecule has 0 bridgehead atoms. The lowest BCUT2D eigenvalue weighted by Crippen LogP contribution is -1.71. The number of halogens is 1. The molecule has 1 aromatic carbocycles. The summed E-state index contributed by atoms with van der Waals surface area (Å²) in [6.45, 7) is 0. The Morgan fingerprint density at radius 3 is 2.94 bits per heavy atom. The predicted octanol–water partition coefficient (Wildman–Crippen LogP) is 3.69. The van der Waals surface area contributed by atoms with Gasteiger partial charge in [-0.2, -0.15) is 0 Å². The van der Waals surface area contributed by atoms with Crippen LogP contribution < -0.4 is 0 Å². The highest BCUT2D eigenvalue weighted by atomic mass is 35.5. The van der Waals surface area contributed by atoms with Gasteiger partial charge in [0.05, 0.1) is 21.8 Å². The van der Waals surface area contributed by atoms with Gasteiger partial charge in [0.15, 0.2) is 10.8 Å². The van der Waals surface area contributed by atoms with Crippen LogP contribution in [-0.2, 0) is 5.88 Å². The summed E-state index contributed by atoms with van der Waals surface area (Å²) in [4.78, 5) is 4.47. The Morgan fingerprint density at radius 1 is 1.31 bits per heavy atom. The van der Waals surface area contributed by atoms with Crippen LogP contribution in [0.1, 0.15) is 5.69 Å². The molecule has 0 fully saturated rings. The molecule has 2 aromatic heterocycles. The Bertz CT molecular complexity index is 598. The van der Waals surface area contributed by atoms with Gasteiger partial charge in [-0.3, -0.25) is 0 Å². The van der Waals surface area contributed by atoms with Crippen molar-refractivity contribution in [1.82, 2.24) is 10.1 Å². The minimum Gasteiger partial charge on any atom is -0.353 e. The number of aromatic nitrogens is 2. The second-order valence-corrected chi connectivity index (χ2v) is 4.60. The van der Waals surface area contributed by atoms with Crippen LogP contribution in [0.25, 0.3) is 21.0 Å². The molecular formula is C11H7ClN2OS. The lowest BCUT2D eigenvalue weighted by Gasteiger charge is -1.82. The first-order chi connectivity index (χ1) is 7.86. The minimum atomic E-state index is 0.356. The Morgan fingerprint density at radius 2 is 2.19 bits per heavy atom. The normalized spacial score (nSPS) is 11.1. The lowest BCUT2D eigenvalue weighted by atomic mass is 10.3. The van der Waals surface area contributed by atoms with Crippen molar-refractivity contribution in [3.63, 3.8) is 0 Å². The zero-order valence-corrected chi connectivity index (χ0v) is 9.76. The summed E-state index contributed by atoms with van der Waals surface area (Å²) in [5.74, 6) is 1.03. The summed E-state index contributed by atoms with van der Waals surface area (Å²) in [5.41, 5.74) is 1.71. The molecule has 0 atom stereocenters. The second-order valence-electron chi connectivity index (χ2n) is 3.30. The molecule has 0 radical (unpaired) electrons. The van der Waals surface area contributed by atoms with Gasteiger partial charge in [-0.15, -0.1) is 22.9 Å². The van der Waals surface area contributed by atoms with E-state index in [-0.39, 0.29) is 0 Å². The van der Waals surface area contributed by atoms with Crippen molar-refractivity contribution in [3.05, 3.63) is 36.0 Å². The number of benzene rings is 1. The topological polar surface area (TPSA) is 38.9 Å². The van der Waals surface area contributed by atoms with Crippen LogP contribution in [0.5, 0.6) is 0 Å². The van der Waals surface area contributed by atoms with E-state index in [0.29, 0.717) is 11.6 Å². The quantitative estimate of drug-likeness (QED) is 0.651. The zero-order valence-electron chi connectivity index (χ0n) is 8.18. The van der Waals surface area contributed by atoms with Crippen molar-refractivity contribution in [3.8, 4) is 10.8 Å². The average Bonchev–Trinajstić information content (AvgIpc) is 2.95. The summed E-state index contributed by atoms with van der Waals surface area (Å²) in [6.07, 6.45) is 0. The Kier molecular flexibility index (Phi) is 2.38. The molecule has 0 aliphatic carbocycles. The molecule has 80 valence electrons. The molecule has 0 aliphatic rings. The Balaban J connectivity index is 2.11. The van der Waals surface area contributed by atoms with Crippen molar-refractivity contribution < 1.29 is 4.52 Å². The second kappa shape index (κ2) is 3.88. The summed E-state index contributed by atoms with van der Waals surface area (Å²) >= 11 is 7.25. The largest absolute Gasteiger partial charge is 0.353 e. The molecule has 0 aliphatic heterocycles. The van der Waals surface area contributed by atoms with Gasteiger partial charge in [0.2, 0.25) is 0 Å². The SMILES string of the molecule is ClCc1cc(-c2nc3ccccc3s2)on1. The fourth-order valence-electron chi connectivity index (χ4n) is 1.45. The standard InChI is InChI=1S/C11H7ClN2OS/c12-6-7-5-9(15-14-7)11-13-8-3-1-2-4-10(8)16-11/h1-5H,6H2. The van der Waals surface area contributed by atoms with Crippen molar-refractivity contribution in [2.24, 2.45) is 0 Å². The minimum absolute atomic E-state index is 0.356. The van der Waals surface area contributed by atoms with Gasteiger partial charge >= 0.3 is 0 Å². The van der Waals surface area contributed by atoms with E-state index in [4.69, 9.17) is 16.1 Å². The zero-order chi connectivity index (χ0) is 11.0. The predicted molar refractivity (Wildman–Crippen MR) is 64.7 cm³/mol. The summed E-state index contributed by atoms with van der Waals surface area (Å²) in [5, 5.41) is 4.68. The van der Waals surface area contributed by atoms with Crippen LogP contribution in [0.15, 0.2) is 34.9 Å². The maximum absolute atomic E-state index is 5.67. The van der Waals surface area contributed by atoms with Gasteiger partial charge in [-0.1, -0.05) is 17.3 Å². The highest BCUT2D eigenvalue weighted by Gasteiger charge is 2.11. The van der Waals surface area contributed by atoms with Crippen molar-refractivity contribution in [2.75, 3.05) is 0 Å². The van der Waals surface area contributed by atoms with Crippen molar-refractivity contribution in [1.29, 1.82) is 0 Å². The average molecular weight is 251 g/mol. The molecule has 3 aromatic rings. The van der Waals surface area contributed by atoms with Crippen LogP contribution >= 0.6 is 22.9 Å². The van der Waals surface area contributed by atoms with E-state index in [9.17, 15) is 0 Å². The number of fused-ring (bicyclic) bond motifs is 1. The van der Waals surface area contributed by atoms with Gasteiger partial charge in [0.25, 0.3) is 0 Å². The van der Waals surface area contributed by atoms with E-state index < -0.39 is 0 Å². The molecule has 0 amide bonds. The molecule has 0 unspecified atom stereocenters. The number of hydrogen-bond acceptors (Lipinski definition) is 4. The maximum atomic E-state index is 5.67. The number of thiazole rings is 1. The molecule has 0 N–H and O–H groups in total. The molecule has 0 spiro atoms. The summed E-state index contributed by atoms with van der Waals surface area (Å²) < 4.78 is 6.32. The molecule has 0 saturated heterocycles. The van der Waals surface area contributed by atoms with Crippen LogP contribution in [0.3, 0.4) is 0 Å². The maximum Gasteiger partial charge on any atom is 0.195 e. The summed E-state index contributed by atoms with van der Waals surface area (Å²) in [6, 6.07) is 9.81. The first kappa shape index (κ1) is 9.81.